The maximum Gasteiger partial charge on any atom is 0.317 e. The number of carbonyl (C=O) groups is 1. The Labute approximate surface area is 98.6 Å². The van der Waals surface area contributed by atoms with Crippen molar-refractivity contribution in [3.8, 4) is 0 Å². The fourth-order valence-corrected chi connectivity index (χ4v) is 2.10. The van der Waals surface area contributed by atoms with E-state index in [0.29, 0.717) is 0 Å². The van der Waals surface area contributed by atoms with Gasteiger partial charge in [0.05, 0.1) is 18.3 Å². The van der Waals surface area contributed by atoms with E-state index in [2.05, 4.69) is 10.2 Å². The van der Waals surface area contributed by atoms with Crippen LogP contribution in [0.5, 0.6) is 0 Å². The summed E-state index contributed by atoms with van der Waals surface area (Å²) in [7, 11) is 1.41. The minimum atomic E-state index is -0.536. The summed E-state index contributed by atoms with van der Waals surface area (Å²) in [4.78, 5) is 11.7. The van der Waals surface area contributed by atoms with Crippen LogP contribution in [0.3, 0.4) is 0 Å². The van der Waals surface area contributed by atoms with Crippen molar-refractivity contribution in [2.45, 2.75) is 18.3 Å². The zero-order chi connectivity index (χ0) is 11.9. The summed E-state index contributed by atoms with van der Waals surface area (Å²) < 4.78 is 4.84. The van der Waals surface area contributed by atoms with Gasteiger partial charge in [0.1, 0.15) is 5.41 Å². The molecule has 0 spiro atoms. The number of aromatic nitrogens is 2. The number of hydrogen-bond acceptors (Lipinski definition) is 4. The third kappa shape index (κ3) is 1.48. The molecule has 0 bridgehead atoms. The molecule has 17 heavy (non-hydrogen) atoms. The number of nitrogens with zero attached hydrogens (tertiary/aromatic N) is 2. The number of esters is 1. The molecule has 0 aliphatic heterocycles. The van der Waals surface area contributed by atoms with Crippen molar-refractivity contribution in [1.29, 1.82) is 0 Å². The molecule has 0 unspecified atom stereocenters. The van der Waals surface area contributed by atoms with Gasteiger partial charge in [-0.1, -0.05) is 18.2 Å². The number of ether oxygens (including phenoxy) is 1. The first kappa shape index (κ1) is 10.2. The molecule has 0 amide bonds. The van der Waals surface area contributed by atoms with E-state index < -0.39 is 5.41 Å². The molecule has 0 saturated heterocycles. The molecule has 1 fully saturated rings. The first-order valence-corrected chi connectivity index (χ1v) is 5.58. The largest absolute Gasteiger partial charge is 0.468 e. The minimum Gasteiger partial charge on any atom is -0.468 e. The predicted octanol–water partition coefficient (Wildman–Crippen LogP) is 1.83. The van der Waals surface area contributed by atoms with Crippen molar-refractivity contribution in [2.24, 2.45) is 0 Å². The molecule has 0 atom stereocenters. The van der Waals surface area contributed by atoms with Crippen molar-refractivity contribution in [3.05, 3.63) is 36.0 Å². The van der Waals surface area contributed by atoms with Crippen LogP contribution in [0, 0.1) is 0 Å². The average molecular weight is 228 g/mol. The lowest BCUT2D eigenvalue weighted by atomic mass is 10.0. The minimum absolute atomic E-state index is 0.206. The van der Waals surface area contributed by atoms with Gasteiger partial charge in [-0.25, -0.2) is 0 Å². The Bertz CT molecular complexity index is 591. The van der Waals surface area contributed by atoms with Crippen LogP contribution in [-0.4, -0.2) is 23.3 Å². The number of fused-ring (bicyclic) bond motifs is 1. The van der Waals surface area contributed by atoms with Crippen LogP contribution in [-0.2, 0) is 14.9 Å². The van der Waals surface area contributed by atoms with Gasteiger partial charge in [-0.05, 0) is 25.0 Å². The fraction of sp³-hybridized carbons (Fsp3) is 0.308. The van der Waals surface area contributed by atoms with Gasteiger partial charge in [0.15, 0.2) is 0 Å². The van der Waals surface area contributed by atoms with Gasteiger partial charge in [-0.15, -0.1) is 0 Å². The molecule has 86 valence electrons. The van der Waals surface area contributed by atoms with Crippen molar-refractivity contribution < 1.29 is 9.53 Å². The Kier molecular flexibility index (Phi) is 2.11. The average Bonchev–Trinajstić information content (AvgIpc) is 3.19. The third-order valence-corrected chi connectivity index (χ3v) is 3.31. The zero-order valence-corrected chi connectivity index (χ0v) is 9.51. The van der Waals surface area contributed by atoms with Crippen LogP contribution < -0.4 is 0 Å². The van der Waals surface area contributed by atoms with Crippen LogP contribution in [0.2, 0.25) is 0 Å². The van der Waals surface area contributed by atoms with Gasteiger partial charge in [-0.3, -0.25) is 4.79 Å². The highest BCUT2D eigenvalue weighted by molar-refractivity contribution is 5.87. The van der Waals surface area contributed by atoms with Crippen molar-refractivity contribution in [2.75, 3.05) is 7.11 Å². The second-order valence-electron chi connectivity index (χ2n) is 4.36. The highest BCUT2D eigenvalue weighted by Gasteiger charge is 2.54. The smallest absolute Gasteiger partial charge is 0.317 e. The maximum atomic E-state index is 11.7. The molecular weight excluding hydrogens is 216 g/mol. The summed E-state index contributed by atoms with van der Waals surface area (Å²) in [6, 6.07) is 9.69. The molecule has 1 aromatic carbocycles. The van der Waals surface area contributed by atoms with Gasteiger partial charge in [0, 0.05) is 5.39 Å². The quantitative estimate of drug-likeness (QED) is 0.736. The molecule has 0 radical (unpaired) electrons. The van der Waals surface area contributed by atoms with Gasteiger partial charge in [0.2, 0.25) is 0 Å². The number of rotatable bonds is 2. The number of benzene rings is 1. The van der Waals surface area contributed by atoms with E-state index in [0.717, 1.165) is 29.4 Å². The predicted molar refractivity (Wildman–Crippen MR) is 62.5 cm³/mol. The molecule has 4 heteroatoms. The number of carbonyl (C=O) groups excluding carboxylic acids is 1. The van der Waals surface area contributed by atoms with E-state index in [-0.39, 0.29) is 5.97 Å². The summed E-state index contributed by atoms with van der Waals surface area (Å²) in [5.74, 6) is -0.206. The highest BCUT2D eigenvalue weighted by atomic mass is 16.5. The number of methoxy groups -OCH3 is 1. The Hall–Kier alpha value is -1.97. The lowest BCUT2D eigenvalue weighted by molar-refractivity contribution is -0.143. The van der Waals surface area contributed by atoms with Crippen molar-refractivity contribution >= 4 is 16.9 Å². The molecular formula is C13H12N2O2. The molecule has 1 aliphatic rings. The summed E-state index contributed by atoms with van der Waals surface area (Å²) in [5.41, 5.74) is 1.03. The Morgan fingerprint density at radius 3 is 2.76 bits per heavy atom. The van der Waals surface area contributed by atoms with E-state index in [1.165, 1.54) is 7.11 Å². The summed E-state index contributed by atoms with van der Waals surface area (Å²) in [6.45, 7) is 0. The molecule has 2 aromatic rings. The van der Waals surface area contributed by atoms with Gasteiger partial charge >= 0.3 is 5.97 Å². The molecule has 0 N–H and O–H groups in total. The molecule has 3 rings (SSSR count). The van der Waals surface area contributed by atoms with E-state index in [1.807, 2.05) is 30.3 Å². The Morgan fingerprint density at radius 1 is 1.29 bits per heavy atom. The van der Waals surface area contributed by atoms with Crippen molar-refractivity contribution in [3.63, 3.8) is 0 Å². The summed E-state index contributed by atoms with van der Waals surface area (Å²) in [5, 5.41) is 9.31. The molecule has 1 aromatic heterocycles. The monoisotopic (exact) mass is 228 g/mol. The SMILES string of the molecule is COC(=O)C1(c2cc3ccccc3nn2)CC1. The Morgan fingerprint density at radius 2 is 2.06 bits per heavy atom. The van der Waals surface area contributed by atoms with Crippen LogP contribution in [0.4, 0.5) is 0 Å². The lowest BCUT2D eigenvalue weighted by Crippen LogP contribution is -2.23. The van der Waals surface area contributed by atoms with Crippen molar-refractivity contribution in [1.82, 2.24) is 10.2 Å². The van der Waals surface area contributed by atoms with Gasteiger partial charge < -0.3 is 4.74 Å². The maximum absolute atomic E-state index is 11.7. The lowest BCUT2D eigenvalue weighted by Gasteiger charge is -2.11. The van der Waals surface area contributed by atoms with Crippen LogP contribution >= 0.6 is 0 Å². The normalized spacial score (nSPS) is 16.8. The molecule has 1 heterocycles. The topological polar surface area (TPSA) is 52.1 Å². The van der Waals surface area contributed by atoms with Crippen LogP contribution in [0.25, 0.3) is 10.9 Å². The fourth-order valence-electron chi connectivity index (χ4n) is 2.10. The van der Waals surface area contributed by atoms with E-state index in [9.17, 15) is 4.79 Å². The van der Waals surface area contributed by atoms with E-state index in [4.69, 9.17) is 4.74 Å². The molecule has 4 nitrogen and oxygen atoms in total. The second-order valence-corrected chi connectivity index (χ2v) is 4.36. The highest BCUT2D eigenvalue weighted by Crippen LogP contribution is 2.48. The summed E-state index contributed by atoms with van der Waals surface area (Å²) >= 11 is 0. The first-order chi connectivity index (χ1) is 8.26. The standard InChI is InChI=1S/C13H12N2O2/c1-17-12(16)13(6-7-13)11-8-9-4-2-3-5-10(9)14-15-11/h2-5,8H,6-7H2,1H3. The van der Waals surface area contributed by atoms with Crippen LogP contribution in [0.15, 0.2) is 30.3 Å². The van der Waals surface area contributed by atoms with Gasteiger partial charge in [-0.2, -0.15) is 10.2 Å². The second kappa shape index (κ2) is 3.52. The summed E-state index contributed by atoms with van der Waals surface area (Å²) in [6.07, 6.45) is 1.60. The van der Waals surface area contributed by atoms with E-state index in [1.54, 1.807) is 0 Å². The number of hydrogen-bond donors (Lipinski definition) is 0. The van der Waals surface area contributed by atoms with E-state index >= 15 is 0 Å². The van der Waals surface area contributed by atoms with Crippen LogP contribution in [0.1, 0.15) is 18.5 Å². The zero-order valence-electron chi connectivity index (χ0n) is 9.51. The van der Waals surface area contributed by atoms with Gasteiger partial charge in [0.25, 0.3) is 0 Å². The molecule has 1 saturated carbocycles. The third-order valence-electron chi connectivity index (χ3n) is 3.31. The molecule has 1 aliphatic carbocycles. The first-order valence-electron chi connectivity index (χ1n) is 5.58. The Balaban J connectivity index is 2.10.